The highest BCUT2D eigenvalue weighted by atomic mass is 32.2. The van der Waals surface area contributed by atoms with Gasteiger partial charge in [-0.05, 0) is 23.8 Å². The summed E-state index contributed by atoms with van der Waals surface area (Å²) >= 11 is 0. The van der Waals surface area contributed by atoms with Gasteiger partial charge in [-0.1, -0.05) is 60.7 Å². The van der Waals surface area contributed by atoms with Gasteiger partial charge in [0.1, 0.15) is 16.4 Å². The van der Waals surface area contributed by atoms with Crippen molar-refractivity contribution in [2.45, 2.75) is 17.6 Å². The van der Waals surface area contributed by atoms with Crippen LogP contribution in [0, 0.1) is 5.82 Å². The quantitative estimate of drug-likeness (QED) is 0.372. The molecule has 0 aliphatic carbocycles. The molecule has 0 amide bonds. The van der Waals surface area contributed by atoms with Gasteiger partial charge in [-0.15, -0.1) is 0 Å². The van der Waals surface area contributed by atoms with Crippen molar-refractivity contribution in [1.29, 1.82) is 0 Å². The Morgan fingerprint density at radius 2 is 1.55 bits per heavy atom. The topological polar surface area (TPSA) is 64.0 Å². The summed E-state index contributed by atoms with van der Waals surface area (Å²) in [4.78, 5) is -0.220. The maximum absolute atomic E-state index is 13.6. The molecule has 0 fully saturated rings. The van der Waals surface area contributed by atoms with Crippen LogP contribution < -0.4 is 4.72 Å². The Hall–Kier alpha value is -3.66. The predicted molar refractivity (Wildman–Crippen MR) is 115 cm³/mol. The van der Waals surface area contributed by atoms with Crippen LogP contribution in [0.15, 0.2) is 90.0 Å². The molecule has 3 aromatic carbocycles. The highest BCUT2D eigenvalue weighted by Gasteiger charge is 2.35. The molecule has 0 radical (unpaired) electrons. The van der Waals surface area contributed by atoms with Gasteiger partial charge >= 0.3 is 6.18 Å². The Kier molecular flexibility index (Phi) is 5.94. The number of anilines is 1. The minimum Gasteiger partial charge on any atom is -0.279 e. The van der Waals surface area contributed by atoms with Crippen molar-refractivity contribution in [1.82, 2.24) is 9.78 Å². The van der Waals surface area contributed by atoms with Crippen LogP contribution in [0.2, 0.25) is 0 Å². The highest BCUT2D eigenvalue weighted by Crippen LogP contribution is 2.34. The average Bonchev–Trinajstić information content (AvgIpc) is 3.20. The summed E-state index contributed by atoms with van der Waals surface area (Å²) in [7, 11) is -4.36. The zero-order chi connectivity index (χ0) is 23.6. The van der Waals surface area contributed by atoms with Gasteiger partial charge in [0.15, 0.2) is 0 Å². The van der Waals surface area contributed by atoms with Crippen molar-refractivity contribution in [3.05, 3.63) is 102 Å². The number of sulfonamides is 1. The van der Waals surface area contributed by atoms with Crippen LogP contribution in [0.1, 0.15) is 11.1 Å². The maximum atomic E-state index is 13.6. The summed E-state index contributed by atoms with van der Waals surface area (Å²) in [6.07, 6.45) is -3.66. The van der Waals surface area contributed by atoms with Crippen molar-refractivity contribution < 1.29 is 26.0 Å². The Bertz CT molecular complexity index is 1370. The largest absolute Gasteiger partial charge is 0.419 e. The van der Waals surface area contributed by atoms with E-state index in [1.54, 1.807) is 30.3 Å². The zero-order valence-corrected chi connectivity index (χ0v) is 17.7. The van der Waals surface area contributed by atoms with Gasteiger partial charge in [-0.3, -0.25) is 9.40 Å². The van der Waals surface area contributed by atoms with Gasteiger partial charge < -0.3 is 0 Å². The normalized spacial score (nSPS) is 12.0. The first kappa shape index (κ1) is 22.5. The van der Waals surface area contributed by atoms with Crippen molar-refractivity contribution in [3.63, 3.8) is 0 Å². The number of hydrogen-bond donors (Lipinski definition) is 1. The van der Waals surface area contributed by atoms with E-state index in [1.165, 1.54) is 10.9 Å². The predicted octanol–water partition coefficient (Wildman–Crippen LogP) is 5.56. The summed E-state index contributed by atoms with van der Waals surface area (Å²) in [5.41, 5.74) is -0.453. The van der Waals surface area contributed by atoms with E-state index in [0.29, 0.717) is 17.7 Å². The Morgan fingerprint density at radius 3 is 2.18 bits per heavy atom. The van der Waals surface area contributed by atoms with Crippen molar-refractivity contribution in [2.24, 2.45) is 0 Å². The molecule has 0 aliphatic rings. The lowest BCUT2D eigenvalue weighted by molar-refractivity contribution is -0.139. The third-order valence-electron chi connectivity index (χ3n) is 4.78. The molecule has 1 heterocycles. The molecule has 0 unspecified atom stereocenters. The van der Waals surface area contributed by atoms with E-state index in [9.17, 15) is 26.0 Å². The Labute approximate surface area is 187 Å². The molecule has 170 valence electrons. The fourth-order valence-electron chi connectivity index (χ4n) is 3.26. The van der Waals surface area contributed by atoms with Crippen molar-refractivity contribution in [3.8, 4) is 11.3 Å². The molecule has 4 rings (SSSR count). The lowest BCUT2D eigenvalue weighted by Gasteiger charge is -2.12. The molecule has 33 heavy (non-hydrogen) atoms. The van der Waals surface area contributed by atoms with E-state index >= 15 is 0 Å². The van der Waals surface area contributed by atoms with Crippen molar-refractivity contribution in [2.75, 3.05) is 4.72 Å². The van der Waals surface area contributed by atoms with Crippen LogP contribution in [0.3, 0.4) is 0 Å². The molecule has 0 atom stereocenters. The number of benzene rings is 3. The summed E-state index contributed by atoms with van der Waals surface area (Å²) < 4.78 is 82.6. The van der Waals surface area contributed by atoms with Gasteiger partial charge in [-0.25, -0.2) is 12.8 Å². The number of nitrogens with one attached hydrogen (secondary N) is 1. The summed E-state index contributed by atoms with van der Waals surface area (Å²) in [6, 6.07) is 19.7. The average molecular weight is 475 g/mol. The van der Waals surface area contributed by atoms with Gasteiger partial charge in [0, 0.05) is 17.4 Å². The van der Waals surface area contributed by atoms with Crippen molar-refractivity contribution >= 4 is 15.7 Å². The van der Waals surface area contributed by atoms with Gasteiger partial charge in [0.05, 0.1) is 12.1 Å². The first-order valence-corrected chi connectivity index (χ1v) is 11.2. The van der Waals surface area contributed by atoms with Crippen LogP contribution in [0.4, 0.5) is 23.2 Å². The number of halogens is 4. The molecule has 0 bridgehead atoms. The summed E-state index contributed by atoms with van der Waals surface area (Å²) in [6.45, 7) is 0.283. The van der Waals surface area contributed by atoms with Gasteiger partial charge in [-0.2, -0.15) is 18.3 Å². The molecule has 10 heteroatoms. The molecule has 0 saturated carbocycles. The van der Waals surface area contributed by atoms with Crippen LogP contribution in [-0.2, 0) is 22.7 Å². The molecule has 4 aromatic rings. The molecular weight excluding hydrogens is 458 g/mol. The van der Waals surface area contributed by atoms with Crippen LogP contribution in [0.25, 0.3) is 11.3 Å². The first-order valence-electron chi connectivity index (χ1n) is 9.70. The van der Waals surface area contributed by atoms with E-state index in [-0.39, 0.29) is 17.1 Å². The number of alkyl halides is 3. The lowest BCUT2D eigenvalue weighted by Crippen LogP contribution is -2.15. The van der Waals surface area contributed by atoms with E-state index in [2.05, 4.69) is 9.82 Å². The lowest BCUT2D eigenvalue weighted by atomic mass is 10.2. The van der Waals surface area contributed by atoms with Gasteiger partial charge in [0.2, 0.25) is 0 Å². The second-order valence-corrected chi connectivity index (χ2v) is 8.84. The molecule has 0 spiro atoms. The molecule has 1 aromatic heterocycles. The summed E-state index contributed by atoms with van der Waals surface area (Å²) in [5, 5.41) is 4.41. The minimum atomic E-state index is -4.97. The molecule has 0 aliphatic heterocycles. The van der Waals surface area contributed by atoms with E-state index in [4.69, 9.17) is 0 Å². The zero-order valence-electron chi connectivity index (χ0n) is 16.9. The third-order valence-corrected chi connectivity index (χ3v) is 6.16. The second kappa shape index (κ2) is 8.70. The van der Waals surface area contributed by atoms with Crippen LogP contribution in [0.5, 0.6) is 0 Å². The van der Waals surface area contributed by atoms with E-state index in [1.807, 2.05) is 30.3 Å². The van der Waals surface area contributed by atoms with E-state index in [0.717, 1.165) is 11.6 Å². The highest BCUT2D eigenvalue weighted by molar-refractivity contribution is 7.92. The van der Waals surface area contributed by atoms with E-state index < -0.39 is 33.3 Å². The Balaban J connectivity index is 1.75. The van der Waals surface area contributed by atoms with Crippen LogP contribution >= 0.6 is 0 Å². The number of rotatable bonds is 6. The molecule has 1 N–H and O–H groups in total. The number of aromatic nitrogens is 2. The molecule has 5 nitrogen and oxygen atoms in total. The fraction of sp³-hybridized carbons (Fsp3) is 0.0870. The Morgan fingerprint density at radius 1 is 0.909 bits per heavy atom. The second-order valence-electron chi connectivity index (χ2n) is 7.19. The number of hydrogen-bond acceptors (Lipinski definition) is 3. The standard InChI is InChI=1S/C23H17F4N3O2S/c24-20-12-11-18(13-19(20)23(25,26)27)29-33(31,32)21-15-30(14-16-7-3-1-4-8-16)28-22(21)17-9-5-2-6-10-17/h1-13,15,29H,14H2. The monoisotopic (exact) mass is 475 g/mol. The van der Waals surface area contributed by atoms with Gasteiger partial charge in [0.25, 0.3) is 10.0 Å². The van der Waals surface area contributed by atoms with Crippen LogP contribution in [-0.4, -0.2) is 18.2 Å². The smallest absolute Gasteiger partial charge is 0.279 e. The fourth-order valence-corrected chi connectivity index (χ4v) is 4.48. The summed E-state index contributed by atoms with van der Waals surface area (Å²) in [5.74, 6) is -1.49. The minimum absolute atomic E-state index is 0.136. The molecule has 0 saturated heterocycles. The third kappa shape index (κ3) is 5.06. The molecular formula is C23H17F4N3O2S. The SMILES string of the molecule is O=S(=O)(Nc1ccc(F)c(C(F)(F)F)c1)c1cn(Cc2ccccc2)nc1-c1ccccc1. The maximum Gasteiger partial charge on any atom is 0.419 e. The first-order chi connectivity index (χ1) is 15.6. The number of nitrogens with zero attached hydrogens (tertiary/aromatic N) is 2.